The van der Waals surface area contributed by atoms with E-state index in [0.717, 1.165) is 27.3 Å². The molecule has 5 nitrogen and oxygen atoms in total. The number of anilines is 1. The third-order valence-corrected chi connectivity index (χ3v) is 7.92. The molecule has 1 saturated heterocycles. The van der Waals surface area contributed by atoms with Crippen molar-refractivity contribution in [1.29, 1.82) is 0 Å². The van der Waals surface area contributed by atoms with Crippen LogP contribution in [0.1, 0.15) is 9.67 Å². The van der Waals surface area contributed by atoms with Crippen molar-refractivity contribution < 1.29 is 13.2 Å². The summed E-state index contributed by atoms with van der Waals surface area (Å²) in [6.07, 6.45) is 0. The number of thiophene rings is 1. The molecule has 1 aromatic carbocycles. The van der Waals surface area contributed by atoms with Crippen LogP contribution in [-0.4, -0.2) is 43.2 Å². The van der Waals surface area contributed by atoms with E-state index >= 15 is 0 Å². The Hall–Kier alpha value is -0.870. The predicted molar refractivity (Wildman–Crippen MR) is 102 cm³/mol. The van der Waals surface area contributed by atoms with Crippen LogP contribution < -0.4 is 5.32 Å². The molecule has 1 fully saturated rings. The van der Waals surface area contributed by atoms with Gasteiger partial charge >= 0.3 is 0 Å². The first-order chi connectivity index (χ1) is 11.5. The van der Waals surface area contributed by atoms with E-state index in [1.165, 1.54) is 10.4 Å². The predicted octanol–water partition coefficient (Wildman–Crippen LogP) is 3.50. The van der Waals surface area contributed by atoms with Gasteiger partial charge in [-0.15, -0.1) is 11.3 Å². The monoisotopic (exact) mass is 446 g/mol. The number of amides is 1. The molecular formula is C15H15BrN2O3S3. The number of rotatable bonds is 4. The molecule has 0 unspecified atom stereocenters. The number of nitrogens with one attached hydrogen (secondary N) is 1. The second-order valence-electron chi connectivity index (χ2n) is 5.09. The van der Waals surface area contributed by atoms with Crippen LogP contribution in [0.5, 0.6) is 0 Å². The van der Waals surface area contributed by atoms with Crippen molar-refractivity contribution in [3.63, 3.8) is 0 Å². The molecule has 0 aliphatic carbocycles. The molecule has 0 saturated carbocycles. The molecule has 1 aliphatic rings. The summed E-state index contributed by atoms with van der Waals surface area (Å²) < 4.78 is 27.9. The molecule has 1 aliphatic heterocycles. The Kier molecular flexibility index (Phi) is 5.66. The van der Waals surface area contributed by atoms with E-state index in [-0.39, 0.29) is 9.77 Å². The van der Waals surface area contributed by atoms with E-state index in [1.54, 1.807) is 35.3 Å². The fourth-order valence-corrected chi connectivity index (χ4v) is 6.62. The molecule has 0 atom stereocenters. The third-order valence-electron chi connectivity index (χ3n) is 3.51. The zero-order chi connectivity index (χ0) is 17.2. The minimum Gasteiger partial charge on any atom is -0.321 e. The van der Waals surface area contributed by atoms with Gasteiger partial charge in [0.1, 0.15) is 9.77 Å². The first-order valence-electron chi connectivity index (χ1n) is 7.21. The number of hydrogen-bond acceptors (Lipinski definition) is 5. The molecule has 2 heterocycles. The highest BCUT2D eigenvalue weighted by Gasteiger charge is 2.31. The molecule has 9 heteroatoms. The van der Waals surface area contributed by atoms with Gasteiger partial charge < -0.3 is 5.32 Å². The molecule has 2 aromatic rings. The van der Waals surface area contributed by atoms with Gasteiger partial charge in [0.2, 0.25) is 10.0 Å². The maximum Gasteiger partial charge on any atom is 0.267 e. The van der Waals surface area contributed by atoms with Crippen LogP contribution in [0.25, 0.3) is 0 Å². The normalized spacial score (nSPS) is 16.0. The number of nitrogens with zero attached hydrogens (tertiary/aromatic N) is 1. The molecular weight excluding hydrogens is 432 g/mol. The average Bonchev–Trinajstić information content (AvgIpc) is 3.06. The van der Waals surface area contributed by atoms with Crippen LogP contribution in [-0.2, 0) is 10.0 Å². The molecule has 3 rings (SSSR count). The van der Waals surface area contributed by atoms with Crippen molar-refractivity contribution in [2.24, 2.45) is 0 Å². The standard InChI is InChI=1S/C15H15BrN2O3S3/c16-11-2-1-3-12(10-11)17-15(19)14-13(4-7-23-14)24(20,21)18-5-8-22-9-6-18/h1-4,7,10H,5-6,8-9H2,(H,17,19). The van der Waals surface area contributed by atoms with Crippen LogP contribution in [0.2, 0.25) is 0 Å². The molecule has 1 N–H and O–H groups in total. The summed E-state index contributed by atoms with van der Waals surface area (Å²) >= 11 is 6.22. The van der Waals surface area contributed by atoms with E-state index in [0.29, 0.717) is 18.8 Å². The zero-order valence-electron chi connectivity index (χ0n) is 12.6. The minimum absolute atomic E-state index is 0.0897. The molecule has 0 bridgehead atoms. The van der Waals surface area contributed by atoms with E-state index in [4.69, 9.17) is 0 Å². The summed E-state index contributed by atoms with van der Waals surface area (Å²) in [5.41, 5.74) is 0.612. The second-order valence-corrected chi connectivity index (χ2v) is 10.1. The molecule has 0 spiro atoms. The lowest BCUT2D eigenvalue weighted by molar-refractivity contribution is 0.102. The highest BCUT2D eigenvalue weighted by atomic mass is 79.9. The number of hydrogen-bond donors (Lipinski definition) is 1. The number of carbonyl (C=O) groups excluding carboxylic acids is 1. The van der Waals surface area contributed by atoms with Crippen molar-refractivity contribution in [2.75, 3.05) is 29.9 Å². The number of benzene rings is 1. The Bertz CT molecular complexity index is 845. The fraction of sp³-hybridized carbons (Fsp3) is 0.267. The van der Waals surface area contributed by atoms with E-state index in [1.807, 2.05) is 6.07 Å². The minimum atomic E-state index is -3.63. The van der Waals surface area contributed by atoms with E-state index in [9.17, 15) is 13.2 Å². The first kappa shape index (κ1) is 17.9. The molecule has 1 aromatic heterocycles. The van der Waals surface area contributed by atoms with Crippen LogP contribution in [0.3, 0.4) is 0 Å². The Morgan fingerprint density at radius 1 is 1.21 bits per heavy atom. The van der Waals surface area contributed by atoms with Crippen LogP contribution in [0.15, 0.2) is 45.1 Å². The van der Waals surface area contributed by atoms with Gasteiger partial charge in [-0.25, -0.2) is 8.42 Å². The van der Waals surface area contributed by atoms with Crippen LogP contribution >= 0.6 is 39.0 Å². The quantitative estimate of drug-likeness (QED) is 0.779. The van der Waals surface area contributed by atoms with Gasteiger partial charge in [-0.05, 0) is 29.6 Å². The second kappa shape index (κ2) is 7.57. The molecule has 1 amide bonds. The number of sulfonamides is 1. The van der Waals surface area contributed by atoms with E-state index < -0.39 is 15.9 Å². The lowest BCUT2D eigenvalue weighted by atomic mass is 10.3. The summed E-state index contributed by atoms with van der Waals surface area (Å²) in [6, 6.07) is 8.69. The summed E-state index contributed by atoms with van der Waals surface area (Å²) in [6.45, 7) is 0.963. The van der Waals surface area contributed by atoms with Crippen molar-refractivity contribution in [3.8, 4) is 0 Å². The van der Waals surface area contributed by atoms with Crippen molar-refractivity contribution in [1.82, 2.24) is 4.31 Å². The first-order valence-corrected chi connectivity index (χ1v) is 11.5. The van der Waals surface area contributed by atoms with Crippen LogP contribution in [0, 0.1) is 0 Å². The summed E-state index contributed by atoms with van der Waals surface area (Å²) in [4.78, 5) is 12.8. The highest BCUT2D eigenvalue weighted by molar-refractivity contribution is 9.10. The smallest absolute Gasteiger partial charge is 0.267 e. The summed E-state index contributed by atoms with van der Waals surface area (Å²) in [7, 11) is -3.63. The van der Waals surface area contributed by atoms with Crippen molar-refractivity contribution in [2.45, 2.75) is 4.90 Å². The lowest BCUT2D eigenvalue weighted by Gasteiger charge is -2.25. The average molecular weight is 447 g/mol. The van der Waals surface area contributed by atoms with Gasteiger partial charge in [-0.2, -0.15) is 16.1 Å². The van der Waals surface area contributed by atoms with Gasteiger partial charge in [-0.1, -0.05) is 22.0 Å². The van der Waals surface area contributed by atoms with Gasteiger partial charge in [0.25, 0.3) is 5.91 Å². The van der Waals surface area contributed by atoms with E-state index in [2.05, 4.69) is 21.2 Å². The summed E-state index contributed by atoms with van der Waals surface area (Å²) in [5, 5.41) is 4.40. The van der Waals surface area contributed by atoms with Crippen LogP contribution in [0.4, 0.5) is 5.69 Å². The van der Waals surface area contributed by atoms with Gasteiger partial charge in [-0.3, -0.25) is 4.79 Å². The SMILES string of the molecule is O=C(Nc1cccc(Br)c1)c1sccc1S(=O)(=O)N1CCSCC1. The highest BCUT2D eigenvalue weighted by Crippen LogP contribution is 2.28. The Morgan fingerprint density at radius 2 is 1.96 bits per heavy atom. The Balaban J connectivity index is 1.85. The maximum atomic E-state index is 12.8. The molecule has 128 valence electrons. The van der Waals surface area contributed by atoms with Gasteiger partial charge in [0.05, 0.1) is 0 Å². The zero-order valence-corrected chi connectivity index (χ0v) is 16.6. The Morgan fingerprint density at radius 3 is 2.67 bits per heavy atom. The number of carbonyl (C=O) groups is 1. The molecule has 0 radical (unpaired) electrons. The van der Waals surface area contributed by atoms with Gasteiger partial charge in [0.15, 0.2) is 0 Å². The Labute approximate surface area is 157 Å². The van der Waals surface area contributed by atoms with Gasteiger partial charge in [0, 0.05) is 34.8 Å². The molecule has 24 heavy (non-hydrogen) atoms. The van der Waals surface area contributed by atoms with Crippen molar-refractivity contribution in [3.05, 3.63) is 45.1 Å². The fourth-order valence-electron chi connectivity index (χ4n) is 2.35. The number of thioether (sulfide) groups is 1. The maximum absolute atomic E-state index is 12.8. The number of halogens is 1. The summed E-state index contributed by atoms with van der Waals surface area (Å²) in [5.74, 6) is 1.15. The third kappa shape index (κ3) is 3.85. The van der Waals surface area contributed by atoms with Crippen molar-refractivity contribution >= 4 is 60.6 Å². The largest absolute Gasteiger partial charge is 0.321 e. The lowest BCUT2D eigenvalue weighted by Crippen LogP contribution is -2.38. The topological polar surface area (TPSA) is 66.5 Å².